The Hall–Kier alpha value is -1.59. The van der Waals surface area contributed by atoms with Gasteiger partial charge in [0.05, 0.1) is 12.1 Å². The highest BCUT2D eigenvalue weighted by Crippen LogP contribution is 2.42. The zero-order valence-corrected chi connectivity index (χ0v) is 12.8. The molecule has 1 aromatic carbocycles. The molecule has 21 heavy (non-hydrogen) atoms. The lowest BCUT2D eigenvalue weighted by Gasteiger charge is -2.51. The van der Waals surface area contributed by atoms with E-state index in [0.29, 0.717) is 6.42 Å². The average Bonchev–Trinajstić information content (AvgIpc) is 2.45. The molecule has 1 aliphatic rings. The second-order valence-electron chi connectivity index (χ2n) is 6.32. The fourth-order valence-corrected chi connectivity index (χ4v) is 2.79. The number of hydrogen-bond acceptors (Lipinski definition) is 4. The van der Waals surface area contributed by atoms with Crippen LogP contribution in [-0.4, -0.2) is 36.3 Å². The van der Waals surface area contributed by atoms with E-state index in [-0.39, 0.29) is 29.2 Å². The normalized spacial score (nSPS) is 25.0. The summed E-state index contributed by atoms with van der Waals surface area (Å²) >= 11 is 0. The number of aromatic hydroxyl groups is 1. The van der Waals surface area contributed by atoms with E-state index in [1.54, 1.807) is 31.4 Å². The molecular formula is C16H24N2O3. The zero-order chi connectivity index (χ0) is 15.6. The lowest BCUT2D eigenvalue weighted by Crippen LogP contribution is -2.63. The number of nitrogens with two attached hydrogens (primary N) is 1. The molecule has 5 heteroatoms. The predicted octanol–water partition coefficient (Wildman–Crippen LogP) is 1.19. The van der Waals surface area contributed by atoms with Crippen LogP contribution in [0, 0.1) is 5.41 Å². The lowest BCUT2D eigenvalue weighted by molar-refractivity contribution is -0.133. The molecule has 3 atom stereocenters. The van der Waals surface area contributed by atoms with Gasteiger partial charge in [0.15, 0.2) is 0 Å². The Bertz CT molecular complexity index is 499. The molecule has 1 aliphatic carbocycles. The Balaban J connectivity index is 1.87. The van der Waals surface area contributed by atoms with Crippen molar-refractivity contribution in [2.75, 3.05) is 7.11 Å². The van der Waals surface area contributed by atoms with Crippen molar-refractivity contribution in [1.82, 2.24) is 5.32 Å². The van der Waals surface area contributed by atoms with Gasteiger partial charge in [0.2, 0.25) is 5.91 Å². The maximum absolute atomic E-state index is 12.2. The van der Waals surface area contributed by atoms with Crippen molar-refractivity contribution < 1.29 is 14.6 Å². The number of ether oxygens (including phenoxy) is 1. The molecule has 2 rings (SSSR count). The number of methoxy groups -OCH3 is 1. The summed E-state index contributed by atoms with van der Waals surface area (Å²) in [7, 11) is 1.70. The van der Waals surface area contributed by atoms with Crippen molar-refractivity contribution in [1.29, 1.82) is 0 Å². The van der Waals surface area contributed by atoms with Gasteiger partial charge in [0.1, 0.15) is 5.75 Å². The predicted molar refractivity (Wildman–Crippen MR) is 80.9 cm³/mol. The number of phenols is 1. The highest BCUT2D eigenvalue weighted by atomic mass is 16.5. The summed E-state index contributed by atoms with van der Waals surface area (Å²) in [5, 5.41) is 12.3. The van der Waals surface area contributed by atoms with E-state index in [4.69, 9.17) is 10.5 Å². The van der Waals surface area contributed by atoms with Crippen LogP contribution in [0.4, 0.5) is 0 Å². The molecule has 0 heterocycles. The molecule has 2 unspecified atom stereocenters. The van der Waals surface area contributed by atoms with Crippen molar-refractivity contribution in [3.05, 3.63) is 29.8 Å². The Morgan fingerprint density at radius 2 is 2.10 bits per heavy atom. The van der Waals surface area contributed by atoms with Crippen LogP contribution in [0.3, 0.4) is 0 Å². The number of benzene rings is 1. The number of carbonyl (C=O) groups is 1. The maximum Gasteiger partial charge on any atom is 0.237 e. The molecule has 0 saturated heterocycles. The van der Waals surface area contributed by atoms with Crippen LogP contribution < -0.4 is 11.1 Å². The lowest BCUT2D eigenvalue weighted by atomic mass is 9.64. The fraction of sp³-hybridized carbons (Fsp3) is 0.562. The quantitative estimate of drug-likeness (QED) is 0.761. The molecule has 1 fully saturated rings. The van der Waals surface area contributed by atoms with Crippen LogP contribution in [0.2, 0.25) is 0 Å². The summed E-state index contributed by atoms with van der Waals surface area (Å²) in [6, 6.07) is 6.25. The number of hydrogen-bond donors (Lipinski definition) is 3. The van der Waals surface area contributed by atoms with E-state index in [1.807, 2.05) is 0 Å². The van der Waals surface area contributed by atoms with E-state index in [0.717, 1.165) is 12.0 Å². The third-order valence-electron chi connectivity index (χ3n) is 4.51. The van der Waals surface area contributed by atoms with Gasteiger partial charge in [0, 0.05) is 18.6 Å². The van der Waals surface area contributed by atoms with Gasteiger partial charge in [-0.1, -0.05) is 26.0 Å². The van der Waals surface area contributed by atoms with E-state index in [9.17, 15) is 9.90 Å². The summed E-state index contributed by atoms with van der Waals surface area (Å²) in [5.41, 5.74) is 6.83. The molecule has 0 bridgehead atoms. The van der Waals surface area contributed by atoms with Crippen LogP contribution >= 0.6 is 0 Å². The van der Waals surface area contributed by atoms with Crippen LogP contribution in [0.5, 0.6) is 5.75 Å². The molecule has 1 saturated carbocycles. The molecule has 0 aliphatic heterocycles. The van der Waals surface area contributed by atoms with Gasteiger partial charge in [-0.2, -0.15) is 0 Å². The Morgan fingerprint density at radius 1 is 1.48 bits per heavy atom. The minimum absolute atomic E-state index is 0.0668. The largest absolute Gasteiger partial charge is 0.508 e. The highest BCUT2D eigenvalue weighted by Gasteiger charge is 2.49. The van der Waals surface area contributed by atoms with Crippen molar-refractivity contribution in [3.8, 4) is 5.75 Å². The minimum Gasteiger partial charge on any atom is -0.508 e. The summed E-state index contributed by atoms with van der Waals surface area (Å²) < 4.78 is 5.37. The Kier molecular flexibility index (Phi) is 4.54. The maximum atomic E-state index is 12.2. The molecule has 0 radical (unpaired) electrons. The fourth-order valence-electron chi connectivity index (χ4n) is 2.79. The summed E-state index contributed by atoms with van der Waals surface area (Å²) in [4.78, 5) is 12.2. The van der Waals surface area contributed by atoms with Gasteiger partial charge in [-0.3, -0.25) is 4.79 Å². The molecule has 1 aromatic rings. The molecular weight excluding hydrogens is 268 g/mol. The summed E-state index contributed by atoms with van der Waals surface area (Å²) in [6.07, 6.45) is 1.45. The van der Waals surface area contributed by atoms with Gasteiger partial charge in [-0.15, -0.1) is 0 Å². The van der Waals surface area contributed by atoms with E-state index >= 15 is 0 Å². The number of carbonyl (C=O) groups excluding carboxylic acids is 1. The van der Waals surface area contributed by atoms with E-state index in [1.165, 1.54) is 0 Å². The second kappa shape index (κ2) is 6.03. The number of amides is 1. The Labute approximate surface area is 125 Å². The molecule has 0 spiro atoms. The first-order chi connectivity index (χ1) is 9.84. The second-order valence-corrected chi connectivity index (χ2v) is 6.32. The molecule has 1 amide bonds. The monoisotopic (exact) mass is 292 g/mol. The van der Waals surface area contributed by atoms with Crippen LogP contribution in [0.25, 0.3) is 0 Å². The van der Waals surface area contributed by atoms with Gasteiger partial charge < -0.3 is 20.9 Å². The molecule has 4 N–H and O–H groups in total. The van der Waals surface area contributed by atoms with Crippen LogP contribution in [0.1, 0.15) is 25.8 Å². The molecule has 116 valence electrons. The van der Waals surface area contributed by atoms with Crippen molar-refractivity contribution in [2.24, 2.45) is 11.1 Å². The van der Waals surface area contributed by atoms with E-state index in [2.05, 4.69) is 19.2 Å². The first-order valence-electron chi connectivity index (χ1n) is 7.21. The smallest absolute Gasteiger partial charge is 0.237 e. The van der Waals surface area contributed by atoms with Crippen molar-refractivity contribution in [2.45, 2.75) is 44.9 Å². The van der Waals surface area contributed by atoms with Crippen molar-refractivity contribution in [3.63, 3.8) is 0 Å². The van der Waals surface area contributed by atoms with Crippen LogP contribution in [0.15, 0.2) is 24.3 Å². The Morgan fingerprint density at radius 3 is 2.62 bits per heavy atom. The highest BCUT2D eigenvalue weighted by molar-refractivity contribution is 5.82. The SMILES string of the molecule is COC1CC(NC(=O)[C@H](N)Cc2ccc(O)cc2)C1(C)C. The summed E-state index contributed by atoms with van der Waals surface area (Å²) in [5.74, 6) is 0.0642. The minimum atomic E-state index is -0.591. The topological polar surface area (TPSA) is 84.6 Å². The van der Waals surface area contributed by atoms with Gasteiger partial charge >= 0.3 is 0 Å². The number of rotatable bonds is 5. The zero-order valence-electron chi connectivity index (χ0n) is 12.8. The summed E-state index contributed by atoms with van der Waals surface area (Å²) in [6.45, 7) is 4.17. The van der Waals surface area contributed by atoms with E-state index < -0.39 is 6.04 Å². The van der Waals surface area contributed by atoms with Gasteiger partial charge in [-0.25, -0.2) is 0 Å². The van der Waals surface area contributed by atoms with Gasteiger partial charge in [0.25, 0.3) is 0 Å². The van der Waals surface area contributed by atoms with Gasteiger partial charge in [-0.05, 0) is 30.5 Å². The third-order valence-corrected chi connectivity index (χ3v) is 4.51. The first kappa shape index (κ1) is 15.8. The molecule has 0 aromatic heterocycles. The number of phenolic OH excluding ortho intramolecular Hbond substituents is 1. The average molecular weight is 292 g/mol. The number of nitrogens with one attached hydrogen (secondary N) is 1. The first-order valence-corrected chi connectivity index (χ1v) is 7.21. The standard InChI is InChI=1S/C16H24N2O3/c1-16(2)13(9-14(16)21-3)18-15(20)12(17)8-10-4-6-11(19)7-5-10/h4-7,12-14,19H,8-9,17H2,1-3H3,(H,18,20)/t12-,13?,14?/m1/s1. The van der Waals surface area contributed by atoms with Crippen molar-refractivity contribution >= 4 is 5.91 Å². The molecule has 5 nitrogen and oxygen atoms in total. The van der Waals surface area contributed by atoms with Crippen LogP contribution in [-0.2, 0) is 16.0 Å². The third kappa shape index (κ3) is 3.36.